The first-order chi connectivity index (χ1) is 8.20. The van der Waals surface area contributed by atoms with E-state index in [4.69, 9.17) is 0 Å². The van der Waals surface area contributed by atoms with Gasteiger partial charge in [-0.2, -0.15) is 0 Å². The third-order valence-corrected chi connectivity index (χ3v) is 4.17. The fourth-order valence-corrected chi connectivity index (χ4v) is 3.13. The molecule has 1 heterocycles. The normalized spacial score (nSPS) is 28.4. The number of methoxy groups -OCH3 is 1. The maximum Gasteiger partial charge on any atom is 0.315 e. The highest BCUT2D eigenvalue weighted by atomic mass is 16.5. The van der Waals surface area contributed by atoms with Crippen LogP contribution in [0.25, 0.3) is 0 Å². The van der Waals surface area contributed by atoms with Crippen LogP contribution in [0, 0.1) is 11.8 Å². The van der Waals surface area contributed by atoms with Gasteiger partial charge in [0.1, 0.15) is 6.42 Å². The van der Waals surface area contributed by atoms with Crippen molar-refractivity contribution in [3.05, 3.63) is 0 Å². The number of piperidine rings is 1. The van der Waals surface area contributed by atoms with Crippen molar-refractivity contribution in [1.82, 2.24) is 4.90 Å². The third-order valence-electron chi connectivity index (χ3n) is 4.17. The smallest absolute Gasteiger partial charge is 0.315 e. The van der Waals surface area contributed by atoms with Gasteiger partial charge in [0.25, 0.3) is 0 Å². The maximum absolute atomic E-state index is 11.9. The summed E-state index contributed by atoms with van der Waals surface area (Å²) in [7, 11) is 1.32. The van der Waals surface area contributed by atoms with E-state index in [1.165, 1.54) is 32.8 Å². The van der Waals surface area contributed by atoms with Crippen LogP contribution in [0.3, 0.4) is 0 Å². The van der Waals surface area contributed by atoms with E-state index in [1.54, 1.807) is 0 Å². The number of esters is 1. The Kier molecular flexibility index (Phi) is 4.02. The number of carbonyl (C=O) groups excluding carboxylic acids is 2. The first-order valence-corrected chi connectivity index (χ1v) is 6.55. The number of carbonyl (C=O) groups is 2. The van der Waals surface area contributed by atoms with Gasteiger partial charge >= 0.3 is 5.97 Å². The van der Waals surface area contributed by atoms with Crippen molar-refractivity contribution in [2.24, 2.45) is 11.8 Å². The molecule has 0 bridgehead atoms. The monoisotopic (exact) mass is 239 g/mol. The van der Waals surface area contributed by atoms with Crippen LogP contribution >= 0.6 is 0 Å². The molecule has 0 aromatic carbocycles. The minimum atomic E-state index is -0.430. The summed E-state index contributed by atoms with van der Waals surface area (Å²) in [5.74, 6) is 0.978. The Balaban J connectivity index is 1.86. The predicted octanol–water partition coefficient (Wildman–Crippen LogP) is 1.59. The number of hydrogen-bond acceptors (Lipinski definition) is 3. The molecule has 0 radical (unpaired) electrons. The van der Waals surface area contributed by atoms with Gasteiger partial charge in [-0.25, -0.2) is 0 Å². The second-order valence-electron chi connectivity index (χ2n) is 5.19. The summed E-state index contributed by atoms with van der Waals surface area (Å²) in [6, 6.07) is 0. The molecule has 1 aliphatic heterocycles. The molecule has 2 unspecified atom stereocenters. The molecule has 2 rings (SSSR count). The molecule has 17 heavy (non-hydrogen) atoms. The zero-order chi connectivity index (χ0) is 12.3. The molecule has 0 spiro atoms. The van der Waals surface area contributed by atoms with Gasteiger partial charge in [-0.05, 0) is 24.7 Å². The van der Waals surface area contributed by atoms with Crippen molar-refractivity contribution in [1.29, 1.82) is 0 Å². The molecule has 2 aliphatic rings. The standard InChI is InChI=1S/C13H21NO3/c1-17-13(16)8-12(15)14-7-6-10-4-2-3-5-11(10)9-14/h10-11H,2-9H2,1H3. The highest BCUT2D eigenvalue weighted by Crippen LogP contribution is 2.36. The van der Waals surface area contributed by atoms with Gasteiger partial charge in [0.05, 0.1) is 7.11 Å². The maximum atomic E-state index is 11.9. The molecule has 0 aromatic rings. The van der Waals surface area contributed by atoms with Crippen LogP contribution in [0.1, 0.15) is 38.5 Å². The zero-order valence-corrected chi connectivity index (χ0v) is 10.5. The summed E-state index contributed by atoms with van der Waals surface area (Å²) >= 11 is 0. The minimum Gasteiger partial charge on any atom is -0.469 e. The summed E-state index contributed by atoms with van der Waals surface area (Å²) in [5.41, 5.74) is 0. The molecule has 1 amide bonds. The molecule has 1 saturated carbocycles. The minimum absolute atomic E-state index is 0.0686. The highest BCUT2D eigenvalue weighted by molar-refractivity contribution is 5.94. The Bertz CT molecular complexity index is 303. The zero-order valence-electron chi connectivity index (χ0n) is 10.5. The Morgan fingerprint density at radius 1 is 1.18 bits per heavy atom. The molecule has 1 saturated heterocycles. The molecule has 96 valence electrons. The highest BCUT2D eigenvalue weighted by Gasteiger charge is 2.33. The van der Waals surface area contributed by atoms with Crippen molar-refractivity contribution in [3.8, 4) is 0 Å². The molecule has 2 atom stereocenters. The molecule has 0 aromatic heterocycles. The lowest BCUT2D eigenvalue weighted by Crippen LogP contribution is -2.45. The Hall–Kier alpha value is -1.06. The van der Waals surface area contributed by atoms with Gasteiger partial charge in [0.15, 0.2) is 0 Å². The second kappa shape index (κ2) is 5.52. The molecule has 4 heteroatoms. The largest absolute Gasteiger partial charge is 0.469 e. The SMILES string of the molecule is COC(=O)CC(=O)N1CCC2CCCCC2C1. The van der Waals surface area contributed by atoms with Crippen LogP contribution in [0.2, 0.25) is 0 Å². The van der Waals surface area contributed by atoms with Gasteiger partial charge in [-0.1, -0.05) is 19.3 Å². The van der Waals surface area contributed by atoms with E-state index in [0.717, 1.165) is 25.4 Å². The fraction of sp³-hybridized carbons (Fsp3) is 0.846. The van der Waals surface area contributed by atoms with E-state index < -0.39 is 5.97 Å². The Morgan fingerprint density at radius 2 is 1.88 bits per heavy atom. The number of fused-ring (bicyclic) bond motifs is 1. The number of hydrogen-bond donors (Lipinski definition) is 0. The van der Waals surface area contributed by atoms with Crippen molar-refractivity contribution < 1.29 is 14.3 Å². The van der Waals surface area contributed by atoms with Crippen molar-refractivity contribution >= 4 is 11.9 Å². The van der Waals surface area contributed by atoms with Crippen LogP contribution in [-0.2, 0) is 14.3 Å². The van der Waals surface area contributed by atoms with Crippen LogP contribution in [0.5, 0.6) is 0 Å². The van der Waals surface area contributed by atoms with Gasteiger partial charge in [-0.3, -0.25) is 9.59 Å². The van der Waals surface area contributed by atoms with Crippen LogP contribution in [0.4, 0.5) is 0 Å². The third kappa shape index (κ3) is 2.99. The van der Waals surface area contributed by atoms with E-state index in [1.807, 2.05) is 4.90 Å². The molecule has 2 fully saturated rings. The lowest BCUT2D eigenvalue weighted by molar-refractivity contribution is -0.148. The van der Waals surface area contributed by atoms with E-state index in [-0.39, 0.29) is 12.3 Å². The van der Waals surface area contributed by atoms with Gasteiger partial charge in [-0.15, -0.1) is 0 Å². The average molecular weight is 239 g/mol. The van der Waals surface area contributed by atoms with Crippen molar-refractivity contribution in [2.45, 2.75) is 38.5 Å². The second-order valence-corrected chi connectivity index (χ2v) is 5.19. The van der Waals surface area contributed by atoms with Crippen LogP contribution in [-0.4, -0.2) is 37.0 Å². The lowest BCUT2D eigenvalue weighted by Gasteiger charge is -2.41. The predicted molar refractivity (Wildman–Crippen MR) is 63.3 cm³/mol. The quantitative estimate of drug-likeness (QED) is 0.543. The summed E-state index contributed by atoms with van der Waals surface area (Å²) < 4.78 is 4.53. The Labute approximate surface area is 102 Å². The summed E-state index contributed by atoms with van der Waals surface area (Å²) in [6.07, 6.45) is 6.21. The molecule has 1 aliphatic carbocycles. The first-order valence-electron chi connectivity index (χ1n) is 6.55. The summed E-state index contributed by atoms with van der Waals surface area (Å²) in [4.78, 5) is 24.8. The number of amides is 1. The number of rotatable bonds is 2. The summed E-state index contributed by atoms with van der Waals surface area (Å²) in [6.45, 7) is 1.66. The number of likely N-dealkylation sites (tertiary alicyclic amines) is 1. The van der Waals surface area contributed by atoms with E-state index in [9.17, 15) is 9.59 Å². The topological polar surface area (TPSA) is 46.6 Å². The number of ether oxygens (including phenoxy) is 1. The van der Waals surface area contributed by atoms with Crippen LogP contribution < -0.4 is 0 Å². The van der Waals surface area contributed by atoms with Crippen molar-refractivity contribution in [3.63, 3.8) is 0 Å². The molecular formula is C13H21NO3. The van der Waals surface area contributed by atoms with E-state index in [2.05, 4.69) is 4.74 Å². The number of nitrogens with zero attached hydrogens (tertiary/aromatic N) is 1. The lowest BCUT2D eigenvalue weighted by atomic mass is 9.75. The fourth-order valence-electron chi connectivity index (χ4n) is 3.13. The van der Waals surface area contributed by atoms with E-state index >= 15 is 0 Å². The molecule has 0 N–H and O–H groups in total. The van der Waals surface area contributed by atoms with Gasteiger partial charge in [0, 0.05) is 13.1 Å². The van der Waals surface area contributed by atoms with Crippen LogP contribution in [0.15, 0.2) is 0 Å². The first kappa shape index (κ1) is 12.4. The van der Waals surface area contributed by atoms with Gasteiger partial charge in [0.2, 0.25) is 5.91 Å². The van der Waals surface area contributed by atoms with E-state index in [0.29, 0.717) is 5.92 Å². The summed E-state index contributed by atoms with van der Waals surface area (Å²) in [5, 5.41) is 0. The van der Waals surface area contributed by atoms with Gasteiger partial charge < -0.3 is 9.64 Å². The molecular weight excluding hydrogens is 218 g/mol. The molecule has 4 nitrogen and oxygen atoms in total. The van der Waals surface area contributed by atoms with Crippen molar-refractivity contribution in [2.75, 3.05) is 20.2 Å². The Morgan fingerprint density at radius 3 is 2.59 bits per heavy atom. The average Bonchev–Trinajstić information content (AvgIpc) is 2.38.